The van der Waals surface area contributed by atoms with Crippen molar-refractivity contribution in [2.75, 3.05) is 50.0 Å². The Balaban J connectivity index is 1.32. The van der Waals surface area contributed by atoms with Crippen LogP contribution >= 0.6 is 0 Å². The van der Waals surface area contributed by atoms with Gasteiger partial charge in [-0.15, -0.1) is 0 Å². The van der Waals surface area contributed by atoms with Gasteiger partial charge in [0.2, 0.25) is 0 Å². The van der Waals surface area contributed by atoms with Gasteiger partial charge in [0.25, 0.3) is 0 Å². The molecule has 1 aliphatic rings. The third-order valence-corrected chi connectivity index (χ3v) is 6.80. The molecular weight excluding hydrogens is 529 g/mol. The maximum absolute atomic E-state index is 12.5. The molecule has 0 amide bonds. The van der Waals surface area contributed by atoms with Gasteiger partial charge in [-0.2, -0.15) is 18.3 Å². The molecular formula is C26H35F3N8O3. The molecule has 11 nitrogen and oxygen atoms in total. The maximum atomic E-state index is 12.5. The number of halogens is 3. The molecule has 1 atom stereocenters. The van der Waals surface area contributed by atoms with Crippen molar-refractivity contribution in [1.82, 2.24) is 29.6 Å². The third kappa shape index (κ3) is 8.49. The number of anilines is 2. The van der Waals surface area contributed by atoms with Crippen molar-refractivity contribution >= 4 is 28.6 Å². The predicted molar refractivity (Wildman–Crippen MR) is 143 cm³/mol. The normalized spacial score (nSPS) is 14.2. The van der Waals surface area contributed by atoms with Gasteiger partial charge >= 0.3 is 12.1 Å². The van der Waals surface area contributed by atoms with Gasteiger partial charge in [-0.25, -0.2) is 19.7 Å². The van der Waals surface area contributed by atoms with Crippen LogP contribution in [0.4, 0.5) is 24.8 Å². The average molecular weight is 565 g/mol. The highest BCUT2D eigenvalue weighted by atomic mass is 19.4. The number of aliphatic carboxylic acids is 1. The molecule has 0 fully saturated rings. The van der Waals surface area contributed by atoms with Crippen molar-refractivity contribution < 1.29 is 27.8 Å². The van der Waals surface area contributed by atoms with Crippen molar-refractivity contribution in [3.05, 3.63) is 35.9 Å². The van der Waals surface area contributed by atoms with E-state index in [-0.39, 0.29) is 19.6 Å². The monoisotopic (exact) mass is 564 g/mol. The lowest BCUT2D eigenvalue weighted by Crippen LogP contribution is -2.37. The van der Waals surface area contributed by atoms with Gasteiger partial charge in [-0.05, 0) is 56.7 Å². The molecule has 1 aliphatic heterocycles. The van der Waals surface area contributed by atoms with Crippen molar-refractivity contribution in [3.63, 3.8) is 0 Å². The molecule has 14 heteroatoms. The van der Waals surface area contributed by atoms with Gasteiger partial charge < -0.3 is 25.4 Å². The fourth-order valence-corrected chi connectivity index (χ4v) is 4.68. The van der Waals surface area contributed by atoms with Gasteiger partial charge in [0.15, 0.2) is 5.65 Å². The summed E-state index contributed by atoms with van der Waals surface area (Å²) in [6, 6.07) is 3.19. The predicted octanol–water partition coefficient (Wildman–Crippen LogP) is 3.28. The Kier molecular flexibility index (Phi) is 10.1. The van der Waals surface area contributed by atoms with Crippen LogP contribution in [0.15, 0.2) is 24.7 Å². The van der Waals surface area contributed by atoms with Crippen LogP contribution in [0.5, 0.6) is 0 Å². The van der Waals surface area contributed by atoms with E-state index in [2.05, 4.69) is 31.8 Å². The zero-order chi connectivity index (χ0) is 28.5. The molecule has 4 rings (SSSR count). The van der Waals surface area contributed by atoms with E-state index in [4.69, 9.17) is 9.72 Å². The molecule has 0 aromatic carbocycles. The second kappa shape index (κ2) is 13.7. The lowest BCUT2D eigenvalue weighted by molar-refractivity contribution is -0.174. The number of carboxylic acids is 1. The molecule has 0 radical (unpaired) electrons. The molecule has 0 spiro atoms. The van der Waals surface area contributed by atoms with Crippen molar-refractivity contribution in [3.8, 4) is 0 Å². The number of unbranched alkanes of at least 4 members (excludes halogenated alkanes) is 1. The summed E-state index contributed by atoms with van der Waals surface area (Å²) >= 11 is 0. The number of carboxylic acid groups (broad SMARTS) is 1. The molecule has 3 N–H and O–H groups in total. The molecule has 0 saturated carbocycles. The van der Waals surface area contributed by atoms with Crippen molar-refractivity contribution in [1.29, 1.82) is 0 Å². The van der Waals surface area contributed by atoms with Crippen LogP contribution in [0, 0.1) is 0 Å². The Hall–Kier alpha value is -3.52. The van der Waals surface area contributed by atoms with E-state index in [9.17, 15) is 23.1 Å². The van der Waals surface area contributed by atoms with Crippen molar-refractivity contribution in [2.45, 2.75) is 50.7 Å². The van der Waals surface area contributed by atoms with E-state index in [1.807, 2.05) is 11.0 Å². The minimum Gasteiger partial charge on any atom is -0.480 e. The van der Waals surface area contributed by atoms with E-state index in [1.54, 1.807) is 17.9 Å². The van der Waals surface area contributed by atoms with Crippen molar-refractivity contribution in [2.24, 2.45) is 7.05 Å². The third-order valence-electron chi connectivity index (χ3n) is 6.80. The molecule has 40 heavy (non-hydrogen) atoms. The number of nitrogens with one attached hydrogen (secondary N) is 2. The van der Waals surface area contributed by atoms with E-state index in [1.165, 1.54) is 11.9 Å². The van der Waals surface area contributed by atoms with E-state index in [0.29, 0.717) is 29.9 Å². The fourth-order valence-electron chi connectivity index (χ4n) is 4.68. The minimum atomic E-state index is -4.39. The number of hydrogen-bond donors (Lipinski definition) is 3. The zero-order valence-electron chi connectivity index (χ0n) is 22.5. The van der Waals surface area contributed by atoms with E-state index in [0.717, 1.165) is 50.2 Å². The number of pyridine rings is 1. The van der Waals surface area contributed by atoms with Gasteiger partial charge in [-0.3, -0.25) is 4.68 Å². The molecule has 0 aliphatic carbocycles. The first-order chi connectivity index (χ1) is 19.2. The quantitative estimate of drug-likeness (QED) is 0.237. The fraction of sp³-hybridized carbons (Fsp3) is 0.577. The van der Waals surface area contributed by atoms with Crippen LogP contribution in [-0.4, -0.2) is 92.3 Å². The van der Waals surface area contributed by atoms with Crippen LogP contribution in [-0.2, 0) is 29.4 Å². The molecule has 3 aromatic rings. The van der Waals surface area contributed by atoms with Gasteiger partial charge in [0, 0.05) is 32.4 Å². The lowest BCUT2D eigenvalue weighted by atomic mass is 10.1. The first kappa shape index (κ1) is 29.5. The lowest BCUT2D eigenvalue weighted by Gasteiger charge is -2.25. The minimum absolute atomic E-state index is 0.106. The summed E-state index contributed by atoms with van der Waals surface area (Å²) < 4.78 is 43.9. The largest absolute Gasteiger partial charge is 0.480 e. The van der Waals surface area contributed by atoms with Gasteiger partial charge in [0.1, 0.15) is 30.6 Å². The summed E-state index contributed by atoms with van der Waals surface area (Å²) in [4.78, 5) is 27.0. The Morgan fingerprint density at radius 1 is 1.25 bits per heavy atom. The summed E-state index contributed by atoms with van der Waals surface area (Å²) in [7, 11) is 1.73. The number of hydrogen-bond acceptors (Lipinski definition) is 9. The second-order valence-corrected chi connectivity index (χ2v) is 9.86. The van der Waals surface area contributed by atoms with Crippen LogP contribution in [0.2, 0.25) is 0 Å². The molecule has 0 bridgehead atoms. The number of nitrogens with zero attached hydrogens (tertiary/aromatic N) is 6. The van der Waals surface area contributed by atoms with Gasteiger partial charge in [-0.1, -0.05) is 6.07 Å². The maximum Gasteiger partial charge on any atom is 0.411 e. The summed E-state index contributed by atoms with van der Waals surface area (Å²) in [5.41, 5.74) is 2.79. The van der Waals surface area contributed by atoms with Crippen LogP contribution < -0.4 is 10.6 Å². The SMILES string of the molecule is Cn1ncc2c(NC(CCN(CCCCc3ccc4c(n3)NCCC4)CCOCC(F)(F)F)C(=O)O)ncnc21. The summed E-state index contributed by atoms with van der Waals surface area (Å²) in [5, 5.41) is 20.9. The Morgan fingerprint density at radius 2 is 2.10 bits per heavy atom. The highest BCUT2D eigenvalue weighted by molar-refractivity contribution is 5.88. The Bertz CT molecular complexity index is 1270. The molecule has 1 unspecified atom stereocenters. The summed E-state index contributed by atoms with van der Waals surface area (Å²) in [6.45, 7) is 0.694. The number of ether oxygens (including phenoxy) is 1. The highest BCUT2D eigenvalue weighted by Gasteiger charge is 2.27. The number of fused-ring (bicyclic) bond motifs is 2. The standard InChI is InChI=1S/C26H35F3N8O3/c1-36-24-20(15-33-36)23(31-17-32-24)35-21(25(38)39)9-12-37(13-14-40-16-26(27,28)29)11-3-2-6-19-8-7-18-5-4-10-30-22(18)34-19/h7-8,15,17,21H,2-6,9-14,16H2,1H3,(H,30,34)(H,38,39)(H,31,32,35). The molecule has 0 saturated heterocycles. The zero-order valence-corrected chi connectivity index (χ0v) is 22.5. The van der Waals surface area contributed by atoms with Crippen LogP contribution in [0.1, 0.15) is 36.9 Å². The second-order valence-electron chi connectivity index (χ2n) is 9.86. The first-order valence-electron chi connectivity index (χ1n) is 13.4. The molecule has 218 valence electrons. The topological polar surface area (TPSA) is 130 Å². The number of aromatic nitrogens is 5. The molecule has 4 heterocycles. The summed E-state index contributed by atoms with van der Waals surface area (Å²) in [6.07, 6.45) is 3.23. The average Bonchev–Trinajstić information content (AvgIpc) is 3.31. The number of rotatable bonds is 15. The first-order valence-corrected chi connectivity index (χ1v) is 13.4. The highest BCUT2D eigenvalue weighted by Crippen LogP contribution is 2.21. The summed E-state index contributed by atoms with van der Waals surface area (Å²) in [5.74, 6) is 0.250. The molecule has 3 aromatic heterocycles. The Morgan fingerprint density at radius 3 is 2.90 bits per heavy atom. The number of carbonyl (C=O) groups is 1. The van der Waals surface area contributed by atoms with E-state index >= 15 is 0 Å². The van der Waals surface area contributed by atoms with Crippen LogP contribution in [0.25, 0.3) is 11.0 Å². The van der Waals surface area contributed by atoms with Gasteiger partial charge in [0.05, 0.1) is 18.2 Å². The van der Waals surface area contributed by atoms with Crippen LogP contribution in [0.3, 0.4) is 0 Å². The number of alkyl halides is 3. The van der Waals surface area contributed by atoms with E-state index < -0.39 is 24.8 Å². The Labute approximate surface area is 230 Å². The smallest absolute Gasteiger partial charge is 0.411 e. The number of aryl methyl sites for hydroxylation is 3.